The maximum atomic E-state index is 13.5. The number of hydrogen-bond acceptors (Lipinski definition) is 6. The van der Waals surface area contributed by atoms with Crippen LogP contribution in [-0.4, -0.2) is 53.9 Å². The van der Waals surface area contributed by atoms with Gasteiger partial charge in [-0.25, -0.2) is 9.37 Å². The van der Waals surface area contributed by atoms with Gasteiger partial charge in [0.25, 0.3) is 5.91 Å². The van der Waals surface area contributed by atoms with Crippen LogP contribution in [0.25, 0.3) is 11.1 Å². The highest BCUT2D eigenvalue weighted by molar-refractivity contribution is 6.04. The third kappa shape index (κ3) is 7.35. The third-order valence-electron chi connectivity index (χ3n) is 8.87. The van der Waals surface area contributed by atoms with Crippen molar-refractivity contribution in [2.75, 3.05) is 38.5 Å². The van der Waals surface area contributed by atoms with Gasteiger partial charge < -0.3 is 19.7 Å². The molecule has 7 rings (SSSR count). The minimum Gasteiger partial charge on any atom is -0.485 e. The van der Waals surface area contributed by atoms with Crippen LogP contribution in [-0.2, 0) is 13.0 Å². The monoisotopic (exact) mass is 628 g/mol. The molecule has 7 nitrogen and oxygen atoms in total. The Labute approximate surface area is 274 Å². The molecule has 0 saturated carbocycles. The molecule has 1 fully saturated rings. The summed E-state index contributed by atoms with van der Waals surface area (Å²) in [5.74, 6) is 1.48. The second-order valence-corrected chi connectivity index (χ2v) is 12.2. The van der Waals surface area contributed by atoms with E-state index in [1.807, 2.05) is 54.6 Å². The number of carbonyl (C=O) groups excluding carboxylic acids is 1. The number of amides is 1. The Hall–Kier alpha value is -5.05. The molecule has 2 aliphatic heterocycles. The van der Waals surface area contributed by atoms with Crippen LogP contribution in [0, 0.1) is 5.82 Å². The summed E-state index contributed by atoms with van der Waals surface area (Å²) < 4.78 is 26.0. The molecule has 0 radical (unpaired) electrons. The number of nitrogens with one attached hydrogen (secondary N) is 1. The highest BCUT2D eigenvalue weighted by Gasteiger charge is 2.24. The molecule has 8 heteroatoms. The molecule has 5 aromatic rings. The van der Waals surface area contributed by atoms with E-state index in [9.17, 15) is 9.18 Å². The molecular formula is C39H37FN4O3. The Kier molecular flexibility index (Phi) is 8.95. The molecule has 1 atom stereocenters. The van der Waals surface area contributed by atoms with E-state index in [0.29, 0.717) is 22.9 Å². The molecule has 4 aromatic carbocycles. The van der Waals surface area contributed by atoms with Gasteiger partial charge in [0.2, 0.25) is 5.88 Å². The Morgan fingerprint density at radius 3 is 2.49 bits per heavy atom. The van der Waals surface area contributed by atoms with E-state index in [-0.39, 0.29) is 17.8 Å². The van der Waals surface area contributed by atoms with Gasteiger partial charge in [0.1, 0.15) is 23.4 Å². The van der Waals surface area contributed by atoms with Gasteiger partial charge in [-0.2, -0.15) is 0 Å². The molecule has 1 saturated heterocycles. The molecule has 238 valence electrons. The van der Waals surface area contributed by atoms with E-state index in [4.69, 9.17) is 9.47 Å². The molecular weight excluding hydrogens is 591 g/mol. The highest BCUT2D eigenvalue weighted by Crippen LogP contribution is 2.40. The number of nitrogens with zero attached hydrogens (tertiary/aromatic N) is 3. The number of anilines is 1. The number of hydrogen-bond donors (Lipinski definition) is 1. The first kappa shape index (κ1) is 30.6. The van der Waals surface area contributed by atoms with E-state index in [0.717, 1.165) is 73.6 Å². The molecule has 3 heterocycles. The quantitative estimate of drug-likeness (QED) is 0.190. The summed E-state index contributed by atoms with van der Waals surface area (Å²) in [6.45, 7) is 5.18. The lowest BCUT2D eigenvalue weighted by molar-refractivity contribution is 0.102. The van der Waals surface area contributed by atoms with Crippen LogP contribution in [0.3, 0.4) is 0 Å². The van der Waals surface area contributed by atoms with Gasteiger partial charge in [0, 0.05) is 49.9 Å². The smallest absolute Gasteiger partial charge is 0.255 e. The zero-order chi connectivity index (χ0) is 32.2. The SMILES string of the molecule is CN1CCN(Cc2ccc(C(=O)Nc3ccc(Oc4ccc5c(c4)CCC(c4ccccc4-c4ccc(F)cc4)O5)nc3)cc2)CC1. The number of halogens is 1. The lowest BCUT2D eigenvalue weighted by Gasteiger charge is -2.32. The van der Waals surface area contributed by atoms with E-state index in [1.165, 1.54) is 17.7 Å². The number of likely N-dealkylation sites (N-methyl/N-ethyl adjacent to an activating group) is 1. The first-order valence-electron chi connectivity index (χ1n) is 16.1. The van der Waals surface area contributed by atoms with Crippen molar-refractivity contribution in [1.82, 2.24) is 14.8 Å². The molecule has 0 spiro atoms. The summed E-state index contributed by atoms with van der Waals surface area (Å²) >= 11 is 0. The van der Waals surface area contributed by atoms with E-state index in [2.05, 4.69) is 39.3 Å². The second kappa shape index (κ2) is 13.7. The number of piperazine rings is 1. The standard InChI is InChI=1S/C39H37FN4O3/c1-43-20-22-44(23-21-43)26-27-6-8-29(9-7-27)39(45)42-32-15-19-38(41-25-32)46-33-16-18-36-30(24-33)12-17-37(47-36)35-5-3-2-4-34(35)28-10-13-31(40)14-11-28/h2-11,13-16,18-19,24-25,37H,12,17,20-23,26H2,1H3,(H,42,45). The van der Waals surface area contributed by atoms with Gasteiger partial charge >= 0.3 is 0 Å². The minimum absolute atomic E-state index is 0.111. The fourth-order valence-corrected chi connectivity index (χ4v) is 6.18. The molecule has 0 aliphatic carbocycles. The van der Waals surface area contributed by atoms with Gasteiger partial charge in [0.05, 0.1) is 11.9 Å². The summed E-state index contributed by atoms with van der Waals surface area (Å²) in [5, 5.41) is 2.92. The van der Waals surface area contributed by atoms with Gasteiger partial charge in [-0.05, 0) is 90.7 Å². The van der Waals surface area contributed by atoms with Crippen molar-refractivity contribution in [1.29, 1.82) is 0 Å². The van der Waals surface area contributed by atoms with Crippen LogP contribution in [0.4, 0.5) is 10.1 Å². The molecule has 1 N–H and O–H groups in total. The first-order chi connectivity index (χ1) is 23.0. The number of aryl methyl sites for hydroxylation is 1. The summed E-state index contributed by atoms with van der Waals surface area (Å²) in [6, 6.07) is 31.8. The number of pyridine rings is 1. The molecule has 2 aliphatic rings. The average Bonchev–Trinajstić information content (AvgIpc) is 3.10. The van der Waals surface area contributed by atoms with Gasteiger partial charge in [-0.1, -0.05) is 48.5 Å². The maximum Gasteiger partial charge on any atom is 0.255 e. The van der Waals surface area contributed by atoms with E-state index in [1.54, 1.807) is 30.5 Å². The summed E-state index contributed by atoms with van der Waals surface area (Å²) in [7, 11) is 2.15. The van der Waals surface area contributed by atoms with E-state index >= 15 is 0 Å². The van der Waals surface area contributed by atoms with Crippen molar-refractivity contribution < 1.29 is 18.7 Å². The summed E-state index contributed by atoms with van der Waals surface area (Å²) in [6.07, 6.45) is 3.12. The lowest BCUT2D eigenvalue weighted by Crippen LogP contribution is -2.43. The maximum absolute atomic E-state index is 13.5. The number of fused-ring (bicyclic) bond motifs is 1. The fourth-order valence-electron chi connectivity index (χ4n) is 6.18. The van der Waals surface area contributed by atoms with Gasteiger partial charge in [0.15, 0.2) is 0 Å². The van der Waals surface area contributed by atoms with Crippen molar-refractivity contribution >= 4 is 11.6 Å². The van der Waals surface area contributed by atoms with E-state index < -0.39 is 0 Å². The molecule has 1 aromatic heterocycles. The normalized spacial score (nSPS) is 16.6. The van der Waals surface area contributed by atoms with Crippen LogP contribution in [0.5, 0.6) is 17.4 Å². The predicted molar refractivity (Wildman–Crippen MR) is 181 cm³/mol. The first-order valence-corrected chi connectivity index (χ1v) is 16.1. The van der Waals surface area contributed by atoms with Crippen LogP contribution in [0.1, 0.15) is 39.6 Å². The summed E-state index contributed by atoms with van der Waals surface area (Å²) in [4.78, 5) is 22.1. The van der Waals surface area contributed by atoms with Crippen molar-refractivity contribution in [3.63, 3.8) is 0 Å². The van der Waals surface area contributed by atoms with Crippen LogP contribution < -0.4 is 14.8 Å². The van der Waals surface area contributed by atoms with Crippen molar-refractivity contribution in [3.8, 4) is 28.5 Å². The fraction of sp³-hybridized carbons (Fsp3) is 0.231. The Bertz CT molecular complexity index is 1840. The molecule has 1 amide bonds. The largest absolute Gasteiger partial charge is 0.485 e. The molecule has 0 bridgehead atoms. The van der Waals surface area contributed by atoms with Crippen molar-refractivity contribution in [2.24, 2.45) is 0 Å². The number of rotatable bonds is 8. The number of ether oxygens (including phenoxy) is 2. The highest BCUT2D eigenvalue weighted by atomic mass is 19.1. The topological polar surface area (TPSA) is 66.9 Å². The van der Waals surface area contributed by atoms with Crippen LogP contribution in [0.2, 0.25) is 0 Å². The van der Waals surface area contributed by atoms with Gasteiger partial charge in [-0.15, -0.1) is 0 Å². The van der Waals surface area contributed by atoms with Crippen LogP contribution >= 0.6 is 0 Å². The lowest BCUT2D eigenvalue weighted by atomic mass is 9.91. The average molecular weight is 629 g/mol. The second-order valence-electron chi connectivity index (χ2n) is 12.2. The van der Waals surface area contributed by atoms with Crippen molar-refractivity contribution in [3.05, 3.63) is 137 Å². The predicted octanol–water partition coefficient (Wildman–Crippen LogP) is 7.75. The third-order valence-corrected chi connectivity index (χ3v) is 8.87. The zero-order valence-electron chi connectivity index (χ0n) is 26.4. The minimum atomic E-state index is -0.251. The number of carbonyl (C=O) groups is 1. The molecule has 47 heavy (non-hydrogen) atoms. The van der Waals surface area contributed by atoms with Gasteiger partial charge in [-0.3, -0.25) is 9.69 Å². The number of aromatic nitrogens is 1. The van der Waals surface area contributed by atoms with Crippen LogP contribution in [0.15, 0.2) is 109 Å². The Morgan fingerprint density at radius 2 is 1.72 bits per heavy atom. The molecule has 1 unspecified atom stereocenters. The Balaban J connectivity index is 0.946. The summed E-state index contributed by atoms with van der Waals surface area (Å²) in [5.41, 5.74) is 6.55. The number of benzene rings is 4. The van der Waals surface area contributed by atoms with Crippen molar-refractivity contribution in [2.45, 2.75) is 25.5 Å². The Morgan fingerprint density at radius 1 is 0.936 bits per heavy atom. The zero-order valence-corrected chi connectivity index (χ0v) is 26.4.